The summed E-state index contributed by atoms with van der Waals surface area (Å²) in [5, 5.41) is 8.93. The van der Waals surface area contributed by atoms with Crippen LogP contribution in [-0.2, 0) is 16.2 Å². The van der Waals surface area contributed by atoms with Gasteiger partial charge in [0.15, 0.2) is 5.65 Å². The van der Waals surface area contributed by atoms with Crippen LogP contribution in [0, 0.1) is 11.8 Å². The van der Waals surface area contributed by atoms with Gasteiger partial charge in [0.05, 0.1) is 27.9 Å². The molecule has 3 aromatic heterocycles. The fourth-order valence-electron chi connectivity index (χ4n) is 2.90. The standard InChI is InChI=1S/C20H11F5N4O2S2/c21-18(22)16-9-15(11-2-1-3-13(8-11)20(23,24)25)28-19-12(10-27-29(16)19)4-5-14-6-7-17(32-14)33(26,30)31/h1-3,6-10,18H,(H2,26,30,31). The zero-order valence-electron chi connectivity index (χ0n) is 16.1. The van der Waals surface area contributed by atoms with Crippen molar-refractivity contribution in [3.63, 3.8) is 0 Å². The highest BCUT2D eigenvalue weighted by molar-refractivity contribution is 7.91. The summed E-state index contributed by atoms with van der Waals surface area (Å²) in [7, 11) is -3.90. The van der Waals surface area contributed by atoms with Crippen LogP contribution in [0.3, 0.4) is 0 Å². The van der Waals surface area contributed by atoms with Gasteiger partial charge in [0.1, 0.15) is 9.90 Å². The van der Waals surface area contributed by atoms with E-state index in [4.69, 9.17) is 5.14 Å². The Balaban J connectivity index is 1.83. The van der Waals surface area contributed by atoms with Crippen molar-refractivity contribution in [3.05, 3.63) is 70.4 Å². The van der Waals surface area contributed by atoms with E-state index in [2.05, 4.69) is 21.9 Å². The first kappa shape index (κ1) is 22.8. The van der Waals surface area contributed by atoms with Gasteiger partial charge < -0.3 is 0 Å². The number of hydrogen-bond donors (Lipinski definition) is 1. The van der Waals surface area contributed by atoms with Crippen molar-refractivity contribution in [1.29, 1.82) is 0 Å². The van der Waals surface area contributed by atoms with Gasteiger partial charge in [-0.3, -0.25) is 0 Å². The topological polar surface area (TPSA) is 90.4 Å². The molecule has 0 aliphatic heterocycles. The predicted molar refractivity (Wildman–Crippen MR) is 110 cm³/mol. The Labute approximate surface area is 187 Å². The summed E-state index contributed by atoms with van der Waals surface area (Å²) < 4.78 is 90.1. The van der Waals surface area contributed by atoms with Gasteiger partial charge >= 0.3 is 6.18 Å². The van der Waals surface area contributed by atoms with Gasteiger partial charge in [-0.25, -0.2) is 31.8 Å². The Hall–Kier alpha value is -3.34. The maximum absolute atomic E-state index is 13.7. The van der Waals surface area contributed by atoms with Crippen molar-refractivity contribution in [1.82, 2.24) is 14.6 Å². The van der Waals surface area contributed by atoms with Crippen LogP contribution in [-0.4, -0.2) is 23.0 Å². The third kappa shape index (κ3) is 4.72. The van der Waals surface area contributed by atoms with E-state index in [9.17, 15) is 30.4 Å². The highest BCUT2D eigenvalue weighted by atomic mass is 32.2. The number of aromatic nitrogens is 3. The van der Waals surface area contributed by atoms with Crippen molar-refractivity contribution in [2.45, 2.75) is 16.8 Å². The second-order valence-electron chi connectivity index (χ2n) is 6.65. The number of alkyl halides is 5. The monoisotopic (exact) mass is 498 g/mol. The Morgan fingerprint density at radius 3 is 2.48 bits per heavy atom. The zero-order valence-corrected chi connectivity index (χ0v) is 17.8. The molecule has 0 fully saturated rings. The Morgan fingerprint density at radius 1 is 1.09 bits per heavy atom. The minimum absolute atomic E-state index is 0.00890. The number of primary sulfonamides is 1. The third-order valence-electron chi connectivity index (χ3n) is 4.39. The second-order valence-corrected chi connectivity index (χ2v) is 9.52. The summed E-state index contributed by atoms with van der Waals surface area (Å²) in [6.45, 7) is 0. The molecule has 4 rings (SSSR count). The van der Waals surface area contributed by atoms with Crippen LogP contribution >= 0.6 is 11.3 Å². The van der Waals surface area contributed by atoms with Gasteiger partial charge in [-0.15, -0.1) is 11.3 Å². The van der Waals surface area contributed by atoms with Crippen LogP contribution < -0.4 is 5.14 Å². The summed E-state index contributed by atoms with van der Waals surface area (Å²) in [5.41, 5.74) is -1.61. The Kier molecular flexibility index (Phi) is 5.69. The SMILES string of the molecule is NS(=O)(=O)c1ccc(C#Cc2cnn3c(C(F)F)cc(-c4cccc(C(F)(F)F)c4)nc23)s1. The molecule has 6 nitrogen and oxygen atoms in total. The quantitative estimate of drug-likeness (QED) is 0.334. The van der Waals surface area contributed by atoms with Gasteiger partial charge in [-0.2, -0.15) is 18.3 Å². The van der Waals surface area contributed by atoms with E-state index in [1.807, 2.05) is 0 Å². The van der Waals surface area contributed by atoms with Crippen LogP contribution in [0.15, 0.2) is 52.9 Å². The number of thiophene rings is 1. The number of halogens is 5. The minimum atomic E-state index is -4.62. The van der Waals surface area contributed by atoms with Crippen LogP contribution in [0.25, 0.3) is 16.9 Å². The van der Waals surface area contributed by atoms with Crippen molar-refractivity contribution >= 4 is 27.0 Å². The molecule has 0 saturated heterocycles. The fourth-order valence-corrected chi connectivity index (χ4v) is 4.48. The van der Waals surface area contributed by atoms with E-state index >= 15 is 0 Å². The molecule has 13 heteroatoms. The van der Waals surface area contributed by atoms with Crippen molar-refractivity contribution in [2.24, 2.45) is 5.14 Å². The van der Waals surface area contributed by atoms with Crippen molar-refractivity contribution < 1.29 is 30.4 Å². The Bertz CT molecular complexity index is 1530. The van der Waals surface area contributed by atoms with E-state index in [-0.39, 0.29) is 26.7 Å². The van der Waals surface area contributed by atoms with E-state index in [0.717, 1.165) is 40.1 Å². The van der Waals surface area contributed by atoms with Crippen LogP contribution in [0.4, 0.5) is 22.0 Å². The summed E-state index contributed by atoms with van der Waals surface area (Å²) >= 11 is 0.818. The molecule has 0 aliphatic rings. The van der Waals surface area contributed by atoms with Crippen LogP contribution in [0.2, 0.25) is 0 Å². The molecule has 0 atom stereocenters. The fraction of sp³-hybridized carbons (Fsp3) is 0.100. The van der Waals surface area contributed by atoms with Gasteiger partial charge in [-0.05, 0) is 30.3 Å². The number of fused-ring (bicyclic) bond motifs is 1. The van der Waals surface area contributed by atoms with Gasteiger partial charge in [0.25, 0.3) is 6.43 Å². The van der Waals surface area contributed by atoms with E-state index in [1.54, 1.807) is 0 Å². The average Bonchev–Trinajstić information content (AvgIpc) is 3.38. The average molecular weight is 498 g/mol. The molecule has 0 aliphatic carbocycles. The first-order valence-corrected chi connectivity index (χ1v) is 11.3. The maximum atomic E-state index is 13.7. The number of rotatable bonds is 3. The molecule has 0 unspecified atom stereocenters. The summed E-state index contributed by atoms with van der Waals surface area (Å²) in [6, 6.07) is 7.83. The normalized spacial score (nSPS) is 12.2. The number of hydrogen-bond acceptors (Lipinski definition) is 5. The predicted octanol–water partition coefficient (Wildman–Crippen LogP) is 4.46. The highest BCUT2D eigenvalue weighted by Crippen LogP contribution is 2.33. The van der Waals surface area contributed by atoms with E-state index < -0.39 is 33.9 Å². The molecule has 3 heterocycles. The molecule has 4 aromatic rings. The highest BCUT2D eigenvalue weighted by Gasteiger charge is 2.30. The molecule has 0 saturated carbocycles. The zero-order chi connectivity index (χ0) is 24.0. The van der Waals surface area contributed by atoms with Gasteiger partial charge in [-0.1, -0.05) is 24.0 Å². The van der Waals surface area contributed by atoms with Crippen molar-refractivity contribution in [3.8, 4) is 23.1 Å². The number of nitrogens with two attached hydrogens (primary N) is 1. The molecular formula is C20H11F5N4O2S2. The Morgan fingerprint density at radius 2 is 1.85 bits per heavy atom. The van der Waals surface area contributed by atoms with E-state index in [0.29, 0.717) is 4.88 Å². The smallest absolute Gasteiger partial charge is 0.227 e. The van der Waals surface area contributed by atoms with Crippen LogP contribution in [0.1, 0.15) is 28.1 Å². The number of benzene rings is 1. The second kappa shape index (κ2) is 8.22. The summed E-state index contributed by atoms with van der Waals surface area (Å²) in [5.74, 6) is 5.37. The summed E-state index contributed by atoms with van der Waals surface area (Å²) in [6.07, 6.45) is -6.42. The molecular weight excluding hydrogens is 487 g/mol. The lowest BCUT2D eigenvalue weighted by atomic mass is 10.1. The lowest BCUT2D eigenvalue weighted by Gasteiger charge is -2.10. The molecule has 0 spiro atoms. The third-order valence-corrected chi connectivity index (χ3v) is 6.83. The van der Waals surface area contributed by atoms with Crippen LogP contribution in [0.5, 0.6) is 0 Å². The first-order valence-electron chi connectivity index (χ1n) is 8.92. The molecule has 170 valence electrons. The molecule has 0 amide bonds. The molecule has 0 radical (unpaired) electrons. The minimum Gasteiger partial charge on any atom is -0.227 e. The summed E-state index contributed by atoms with van der Waals surface area (Å²) in [4.78, 5) is 4.55. The molecule has 0 bridgehead atoms. The van der Waals surface area contributed by atoms with E-state index in [1.165, 1.54) is 24.4 Å². The number of sulfonamides is 1. The largest absolute Gasteiger partial charge is 0.416 e. The van der Waals surface area contributed by atoms with Gasteiger partial charge in [0, 0.05) is 5.56 Å². The molecule has 33 heavy (non-hydrogen) atoms. The van der Waals surface area contributed by atoms with Crippen molar-refractivity contribution in [2.75, 3.05) is 0 Å². The molecule has 2 N–H and O–H groups in total. The molecule has 1 aromatic carbocycles. The first-order chi connectivity index (χ1) is 15.4. The maximum Gasteiger partial charge on any atom is 0.416 e. The van der Waals surface area contributed by atoms with Gasteiger partial charge in [0.2, 0.25) is 10.0 Å². The lowest BCUT2D eigenvalue weighted by molar-refractivity contribution is -0.137. The number of nitrogens with zero attached hydrogens (tertiary/aromatic N) is 3. The lowest BCUT2D eigenvalue weighted by Crippen LogP contribution is -2.09.